The molecule has 0 saturated carbocycles. The highest BCUT2D eigenvalue weighted by molar-refractivity contribution is 6.07. The van der Waals surface area contributed by atoms with E-state index in [-0.39, 0.29) is 17.7 Å². The van der Waals surface area contributed by atoms with Gasteiger partial charge >= 0.3 is 5.97 Å². The molecule has 0 aliphatic rings. The fourth-order valence-electron chi connectivity index (χ4n) is 4.31. The summed E-state index contributed by atoms with van der Waals surface area (Å²) >= 11 is 0. The number of nitrogens with zero attached hydrogens (tertiary/aromatic N) is 1. The molecular weight excluding hydrogens is 452 g/mol. The zero-order chi connectivity index (χ0) is 26.0. The van der Waals surface area contributed by atoms with Crippen molar-refractivity contribution in [2.24, 2.45) is 7.05 Å². The summed E-state index contributed by atoms with van der Waals surface area (Å²) in [7, 11) is 1.56. The van der Waals surface area contributed by atoms with Crippen LogP contribution in [0.5, 0.6) is 0 Å². The molecule has 1 aromatic heterocycles. The topological polar surface area (TPSA) is 77.4 Å². The first kappa shape index (κ1) is 24.9. The van der Waals surface area contributed by atoms with Gasteiger partial charge in [0.25, 0.3) is 11.5 Å². The van der Waals surface area contributed by atoms with E-state index in [4.69, 9.17) is 4.74 Å². The van der Waals surface area contributed by atoms with Crippen molar-refractivity contribution in [2.75, 3.05) is 5.32 Å². The maximum absolute atomic E-state index is 13.6. The van der Waals surface area contributed by atoms with Crippen molar-refractivity contribution < 1.29 is 14.3 Å². The van der Waals surface area contributed by atoms with Crippen LogP contribution in [0.4, 0.5) is 5.69 Å². The summed E-state index contributed by atoms with van der Waals surface area (Å²) in [6.45, 7) is 7.61. The summed E-state index contributed by atoms with van der Waals surface area (Å²) in [4.78, 5) is 39.8. The quantitative estimate of drug-likeness (QED) is 0.357. The molecule has 0 aliphatic heterocycles. The average Bonchev–Trinajstić information content (AvgIpc) is 2.87. The Morgan fingerprint density at radius 2 is 1.56 bits per heavy atom. The van der Waals surface area contributed by atoms with Gasteiger partial charge in [-0.3, -0.25) is 9.59 Å². The van der Waals surface area contributed by atoms with E-state index >= 15 is 0 Å². The number of anilines is 1. The molecule has 0 radical (unpaired) electrons. The van der Waals surface area contributed by atoms with E-state index in [1.54, 1.807) is 26.1 Å². The van der Waals surface area contributed by atoms with Crippen LogP contribution in [0.25, 0.3) is 21.9 Å². The van der Waals surface area contributed by atoms with Crippen molar-refractivity contribution in [3.63, 3.8) is 0 Å². The maximum Gasteiger partial charge on any atom is 0.356 e. The van der Waals surface area contributed by atoms with E-state index < -0.39 is 18.0 Å². The Hall–Kier alpha value is -4.19. The second-order valence-electron chi connectivity index (χ2n) is 9.11. The Morgan fingerprint density at radius 1 is 0.917 bits per heavy atom. The number of carbonyl (C=O) groups is 2. The van der Waals surface area contributed by atoms with Gasteiger partial charge in [0.15, 0.2) is 6.10 Å². The lowest BCUT2D eigenvalue weighted by molar-refractivity contribution is -0.124. The third-order valence-corrected chi connectivity index (χ3v) is 6.40. The standard InChI is InChI=1S/C30H30N2O4/c1-6-25(28(33)31-24-17-19(3)11-14-20(24)4)36-30(35)27-26(21-15-12-18(2)13-16-21)22-9-7-8-10-23(22)29(34)32(27)5/h7-17,25H,6H2,1-5H3,(H,31,33). The number of hydrogen-bond donors (Lipinski definition) is 1. The van der Waals surface area contributed by atoms with E-state index in [1.165, 1.54) is 4.57 Å². The smallest absolute Gasteiger partial charge is 0.356 e. The molecule has 6 nitrogen and oxygen atoms in total. The number of pyridine rings is 1. The normalized spacial score (nSPS) is 11.8. The van der Waals surface area contributed by atoms with E-state index in [1.807, 2.05) is 75.4 Å². The number of benzene rings is 3. The molecule has 1 N–H and O–H groups in total. The number of amides is 1. The lowest BCUT2D eigenvalue weighted by Gasteiger charge is -2.20. The molecular formula is C30H30N2O4. The number of carbonyl (C=O) groups excluding carboxylic acids is 2. The molecule has 1 unspecified atom stereocenters. The third-order valence-electron chi connectivity index (χ3n) is 6.40. The maximum atomic E-state index is 13.6. The van der Waals surface area contributed by atoms with Gasteiger partial charge in [-0.1, -0.05) is 67.1 Å². The van der Waals surface area contributed by atoms with Crippen molar-refractivity contribution in [1.29, 1.82) is 0 Å². The van der Waals surface area contributed by atoms with Gasteiger partial charge in [-0.25, -0.2) is 4.79 Å². The van der Waals surface area contributed by atoms with Gasteiger partial charge in [-0.15, -0.1) is 0 Å². The molecule has 0 saturated heterocycles. The molecule has 1 amide bonds. The van der Waals surface area contributed by atoms with Crippen LogP contribution in [0.3, 0.4) is 0 Å². The zero-order valence-electron chi connectivity index (χ0n) is 21.2. The van der Waals surface area contributed by atoms with Crippen LogP contribution in [-0.4, -0.2) is 22.5 Å². The monoisotopic (exact) mass is 482 g/mol. The van der Waals surface area contributed by atoms with Crippen molar-refractivity contribution >= 4 is 28.3 Å². The third kappa shape index (κ3) is 4.80. The SMILES string of the molecule is CCC(OC(=O)c1c(-c2ccc(C)cc2)c2ccccc2c(=O)n1C)C(=O)Nc1cc(C)ccc1C. The van der Waals surface area contributed by atoms with E-state index in [0.29, 0.717) is 22.0 Å². The highest BCUT2D eigenvalue weighted by Crippen LogP contribution is 2.31. The molecule has 6 heteroatoms. The molecule has 3 aromatic carbocycles. The Balaban J connectivity index is 1.76. The molecule has 0 bridgehead atoms. The fraction of sp³-hybridized carbons (Fsp3) is 0.233. The first-order valence-corrected chi connectivity index (χ1v) is 12.0. The average molecular weight is 483 g/mol. The Bertz CT molecular complexity index is 1520. The summed E-state index contributed by atoms with van der Waals surface area (Å²) in [6, 6.07) is 20.7. The number of hydrogen-bond acceptors (Lipinski definition) is 4. The number of rotatable bonds is 6. The van der Waals surface area contributed by atoms with Gasteiger partial charge in [0, 0.05) is 23.7 Å². The minimum absolute atomic E-state index is 0.112. The predicted octanol–water partition coefficient (Wildman–Crippen LogP) is 5.70. The Labute approximate surface area is 210 Å². The van der Waals surface area contributed by atoms with Crippen molar-refractivity contribution in [1.82, 2.24) is 4.57 Å². The van der Waals surface area contributed by atoms with E-state index in [2.05, 4.69) is 5.32 Å². The summed E-state index contributed by atoms with van der Waals surface area (Å²) in [6.07, 6.45) is -0.742. The largest absolute Gasteiger partial charge is 0.448 e. The van der Waals surface area contributed by atoms with E-state index in [9.17, 15) is 14.4 Å². The number of nitrogens with one attached hydrogen (secondary N) is 1. The van der Waals surface area contributed by atoms with Gasteiger partial charge in [0.1, 0.15) is 5.69 Å². The molecule has 4 rings (SSSR count). The molecule has 1 atom stereocenters. The van der Waals surface area contributed by atoms with Crippen molar-refractivity contribution in [2.45, 2.75) is 40.2 Å². The predicted molar refractivity (Wildman–Crippen MR) is 143 cm³/mol. The van der Waals surface area contributed by atoms with Crippen molar-refractivity contribution in [3.8, 4) is 11.1 Å². The van der Waals surface area contributed by atoms with Crippen LogP contribution in [-0.2, 0) is 16.6 Å². The second-order valence-corrected chi connectivity index (χ2v) is 9.11. The summed E-state index contributed by atoms with van der Waals surface area (Å²) in [5, 5.41) is 4.05. The van der Waals surface area contributed by atoms with Crippen LogP contribution in [0.2, 0.25) is 0 Å². The summed E-state index contributed by atoms with van der Waals surface area (Å²) in [5.74, 6) is -1.14. The summed E-state index contributed by atoms with van der Waals surface area (Å²) in [5.41, 5.74) is 4.86. The van der Waals surface area contributed by atoms with Gasteiger partial charge < -0.3 is 14.6 Å². The van der Waals surface area contributed by atoms with Gasteiger partial charge in [-0.2, -0.15) is 0 Å². The number of fused-ring (bicyclic) bond motifs is 1. The minimum Gasteiger partial charge on any atom is -0.448 e. The molecule has 0 spiro atoms. The fourth-order valence-corrected chi connectivity index (χ4v) is 4.31. The molecule has 1 heterocycles. The van der Waals surface area contributed by atoms with Gasteiger partial charge in [0.2, 0.25) is 0 Å². The minimum atomic E-state index is -1.02. The highest BCUT2D eigenvalue weighted by Gasteiger charge is 2.28. The van der Waals surface area contributed by atoms with Crippen LogP contribution in [0, 0.1) is 20.8 Å². The highest BCUT2D eigenvalue weighted by atomic mass is 16.5. The Kier molecular flexibility index (Phi) is 7.06. The van der Waals surface area contributed by atoms with Crippen LogP contribution < -0.4 is 10.9 Å². The van der Waals surface area contributed by atoms with Crippen LogP contribution in [0.1, 0.15) is 40.5 Å². The first-order valence-electron chi connectivity index (χ1n) is 12.0. The lowest BCUT2D eigenvalue weighted by Crippen LogP contribution is -2.34. The summed E-state index contributed by atoms with van der Waals surface area (Å²) < 4.78 is 7.06. The second kappa shape index (κ2) is 10.2. The van der Waals surface area contributed by atoms with Gasteiger partial charge in [-0.05, 0) is 61.4 Å². The van der Waals surface area contributed by atoms with Gasteiger partial charge in [0.05, 0.1) is 0 Å². The molecule has 4 aromatic rings. The molecule has 36 heavy (non-hydrogen) atoms. The molecule has 0 fully saturated rings. The number of ether oxygens (including phenoxy) is 1. The lowest BCUT2D eigenvalue weighted by atomic mass is 9.96. The first-order chi connectivity index (χ1) is 17.2. The van der Waals surface area contributed by atoms with Crippen LogP contribution in [0.15, 0.2) is 71.5 Å². The van der Waals surface area contributed by atoms with Crippen molar-refractivity contribution in [3.05, 3.63) is 99.5 Å². The Morgan fingerprint density at radius 3 is 2.22 bits per heavy atom. The van der Waals surface area contributed by atoms with Crippen LogP contribution >= 0.6 is 0 Å². The number of esters is 1. The number of aromatic nitrogens is 1. The molecule has 0 aliphatic carbocycles. The number of aryl methyl sites for hydroxylation is 3. The zero-order valence-corrected chi connectivity index (χ0v) is 21.2. The van der Waals surface area contributed by atoms with E-state index in [0.717, 1.165) is 22.3 Å². The molecule has 184 valence electrons.